The van der Waals surface area contributed by atoms with Crippen LogP contribution in [0.1, 0.15) is 35.9 Å². The first-order valence-electron chi connectivity index (χ1n) is 5.15. The number of carboxylic acid groups (broad SMARTS) is 1. The molecule has 1 aromatic rings. The molecule has 1 heterocycles. The van der Waals surface area contributed by atoms with Gasteiger partial charge in [-0.25, -0.2) is 4.79 Å². The van der Waals surface area contributed by atoms with E-state index >= 15 is 0 Å². The second-order valence-corrected chi connectivity index (χ2v) is 3.50. The highest BCUT2D eigenvalue weighted by molar-refractivity contribution is 5.87. The van der Waals surface area contributed by atoms with Crippen LogP contribution >= 0.6 is 0 Å². The molecule has 1 unspecified atom stereocenters. The molecule has 0 aliphatic heterocycles. The van der Waals surface area contributed by atoms with Gasteiger partial charge in [-0.3, -0.25) is 0 Å². The third kappa shape index (κ3) is 3.44. The van der Waals surface area contributed by atoms with E-state index in [-0.39, 0.29) is 11.6 Å². The average Bonchev–Trinajstić information content (AvgIpc) is 2.73. The van der Waals surface area contributed by atoms with Gasteiger partial charge in [0.2, 0.25) is 0 Å². The summed E-state index contributed by atoms with van der Waals surface area (Å²) in [6.45, 7) is 2.54. The Kier molecular flexibility index (Phi) is 4.62. The van der Waals surface area contributed by atoms with Crippen LogP contribution in [-0.4, -0.2) is 17.1 Å². The Morgan fingerprint density at radius 1 is 1.75 bits per heavy atom. The number of carbonyl (C=O) groups is 1. The standard InChI is InChI=1S/C12H15NO3/c1-3-5-10(4-2)13-7-11-6-9(8-16-11)12(14)15/h1,6,8,10,13H,4-5,7H2,2H3,(H,14,15). The number of terminal acetylenes is 1. The summed E-state index contributed by atoms with van der Waals surface area (Å²) in [6, 6.07) is 1.75. The Morgan fingerprint density at radius 2 is 2.50 bits per heavy atom. The maximum absolute atomic E-state index is 10.6. The molecule has 4 nitrogen and oxygen atoms in total. The van der Waals surface area contributed by atoms with Crippen LogP contribution < -0.4 is 5.32 Å². The summed E-state index contributed by atoms with van der Waals surface area (Å²) in [5.74, 6) is 2.21. The van der Waals surface area contributed by atoms with E-state index in [2.05, 4.69) is 11.2 Å². The number of hydrogen-bond donors (Lipinski definition) is 2. The lowest BCUT2D eigenvalue weighted by molar-refractivity contribution is 0.0696. The molecule has 0 fully saturated rings. The minimum Gasteiger partial charge on any atom is -0.478 e. The largest absolute Gasteiger partial charge is 0.478 e. The zero-order chi connectivity index (χ0) is 12.0. The van der Waals surface area contributed by atoms with Crippen LogP contribution in [0, 0.1) is 12.3 Å². The van der Waals surface area contributed by atoms with Crippen LogP contribution in [0.3, 0.4) is 0 Å². The minimum absolute atomic E-state index is 0.168. The van der Waals surface area contributed by atoms with E-state index < -0.39 is 5.97 Å². The van der Waals surface area contributed by atoms with Crippen molar-refractivity contribution in [3.05, 3.63) is 23.7 Å². The number of carboxylic acids is 1. The number of furan rings is 1. The molecular formula is C12H15NO3. The van der Waals surface area contributed by atoms with Gasteiger partial charge in [-0.1, -0.05) is 6.92 Å². The van der Waals surface area contributed by atoms with Gasteiger partial charge in [0, 0.05) is 12.5 Å². The summed E-state index contributed by atoms with van der Waals surface area (Å²) >= 11 is 0. The Hall–Kier alpha value is -1.73. The molecule has 16 heavy (non-hydrogen) atoms. The first kappa shape index (κ1) is 12.3. The highest BCUT2D eigenvalue weighted by Crippen LogP contribution is 2.08. The fourth-order valence-electron chi connectivity index (χ4n) is 1.33. The number of nitrogens with one attached hydrogen (secondary N) is 1. The van der Waals surface area contributed by atoms with Crippen LogP contribution in [-0.2, 0) is 6.54 Å². The Labute approximate surface area is 94.7 Å². The van der Waals surface area contributed by atoms with E-state index in [0.717, 1.165) is 6.42 Å². The van der Waals surface area contributed by atoms with Crippen molar-refractivity contribution in [2.45, 2.75) is 32.4 Å². The van der Waals surface area contributed by atoms with Gasteiger partial charge in [-0.2, -0.15) is 0 Å². The summed E-state index contributed by atoms with van der Waals surface area (Å²) in [6.07, 6.45) is 8.05. The van der Waals surface area contributed by atoms with E-state index in [0.29, 0.717) is 18.7 Å². The van der Waals surface area contributed by atoms with Crippen LogP contribution in [0.15, 0.2) is 16.7 Å². The molecule has 0 saturated carbocycles. The second-order valence-electron chi connectivity index (χ2n) is 3.50. The predicted molar refractivity (Wildman–Crippen MR) is 60.0 cm³/mol. The molecule has 1 aromatic heterocycles. The Morgan fingerprint density at radius 3 is 3.00 bits per heavy atom. The zero-order valence-electron chi connectivity index (χ0n) is 9.19. The molecule has 86 valence electrons. The quantitative estimate of drug-likeness (QED) is 0.720. The summed E-state index contributed by atoms with van der Waals surface area (Å²) in [5.41, 5.74) is 0.168. The van der Waals surface area contributed by atoms with Crippen molar-refractivity contribution < 1.29 is 14.3 Å². The van der Waals surface area contributed by atoms with Crippen LogP contribution in [0.25, 0.3) is 0 Å². The summed E-state index contributed by atoms with van der Waals surface area (Å²) in [4.78, 5) is 10.6. The van der Waals surface area contributed by atoms with Gasteiger partial charge in [-0.05, 0) is 12.5 Å². The molecule has 0 aliphatic carbocycles. The van der Waals surface area contributed by atoms with Crippen molar-refractivity contribution in [2.75, 3.05) is 0 Å². The Balaban J connectivity index is 2.47. The molecule has 0 radical (unpaired) electrons. The molecule has 4 heteroatoms. The maximum atomic E-state index is 10.6. The van der Waals surface area contributed by atoms with Gasteiger partial charge >= 0.3 is 5.97 Å². The molecule has 2 N–H and O–H groups in total. The zero-order valence-corrected chi connectivity index (χ0v) is 9.19. The molecule has 0 aliphatic rings. The first-order chi connectivity index (χ1) is 7.67. The fourth-order valence-corrected chi connectivity index (χ4v) is 1.33. The van der Waals surface area contributed by atoms with Gasteiger partial charge < -0.3 is 14.8 Å². The molecule has 0 aromatic carbocycles. The van der Waals surface area contributed by atoms with E-state index in [4.69, 9.17) is 15.9 Å². The van der Waals surface area contributed by atoms with Crippen LogP contribution in [0.5, 0.6) is 0 Å². The Bertz CT molecular complexity index is 389. The average molecular weight is 221 g/mol. The van der Waals surface area contributed by atoms with E-state index in [9.17, 15) is 4.79 Å². The fraction of sp³-hybridized carbons (Fsp3) is 0.417. The smallest absolute Gasteiger partial charge is 0.338 e. The van der Waals surface area contributed by atoms with Crippen molar-refractivity contribution in [1.29, 1.82) is 0 Å². The topological polar surface area (TPSA) is 62.5 Å². The van der Waals surface area contributed by atoms with E-state index in [1.807, 2.05) is 6.92 Å². The molecule has 0 saturated heterocycles. The molecule has 0 amide bonds. The lowest BCUT2D eigenvalue weighted by Crippen LogP contribution is -2.27. The monoisotopic (exact) mass is 221 g/mol. The lowest BCUT2D eigenvalue weighted by atomic mass is 10.1. The van der Waals surface area contributed by atoms with Gasteiger partial charge in [0.05, 0.1) is 12.1 Å². The lowest BCUT2D eigenvalue weighted by Gasteiger charge is -2.12. The third-order valence-corrected chi connectivity index (χ3v) is 2.32. The van der Waals surface area contributed by atoms with Crippen molar-refractivity contribution in [2.24, 2.45) is 0 Å². The molecule has 1 atom stereocenters. The van der Waals surface area contributed by atoms with Crippen molar-refractivity contribution in [3.63, 3.8) is 0 Å². The van der Waals surface area contributed by atoms with Gasteiger partial charge in [0.25, 0.3) is 0 Å². The second kappa shape index (κ2) is 5.99. The van der Waals surface area contributed by atoms with Crippen molar-refractivity contribution in [3.8, 4) is 12.3 Å². The van der Waals surface area contributed by atoms with Crippen molar-refractivity contribution in [1.82, 2.24) is 5.32 Å². The van der Waals surface area contributed by atoms with Gasteiger partial charge in [0.1, 0.15) is 12.0 Å². The molecular weight excluding hydrogens is 206 g/mol. The van der Waals surface area contributed by atoms with Crippen LogP contribution in [0.4, 0.5) is 0 Å². The molecule has 1 rings (SSSR count). The molecule has 0 spiro atoms. The first-order valence-corrected chi connectivity index (χ1v) is 5.15. The SMILES string of the molecule is C#CCC(CC)NCc1cc(C(=O)O)co1. The number of aromatic carboxylic acids is 1. The normalized spacial score (nSPS) is 12.0. The number of rotatable bonds is 6. The third-order valence-electron chi connectivity index (χ3n) is 2.32. The van der Waals surface area contributed by atoms with E-state index in [1.165, 1.54) is 12.3 Å². The highest BCUT2D eigenvalue weighted by atomic mass is 16.4. The summed E-state index contributed by atoms with van der Waals surface area (Å²) in [7, 11) is 0. The molecule has 0 bridgehead atoms. The maximum Gasteiger partial charge on any atom is 0.338 e. The minimum atomic E-state index is -0.981. The summed E-state index contributed by atoms with van der Waals surface area (Å²) in [5, 5.41) is 11.9. The van der Waals surface area contributed by atoms with E-state index in [1.54, 1.807) is 0 Å². The van der Waals surface area contributed by atoms with Gasteiger partial charge in [-0.15, -0.1) is 12.3 Å². The van der Waals surface area contributed by atoms with Crippen LogP contribution in [0.2, 0.25) is 0 Å². The predicted octanol–water partition coefficient (Wildman–Crippen LogP) is 1.87. The van der Waals surface area contributed by atoms with Gasteiger partial charge in [0.15, 0.2) is 0 Å². The highest BCUT2D eigenvalue weighted by Gasteiger charge is 2.09. The van der Waals surface area contributed by atoms with Crippen molar-refractivity contribution >= 4 is 5.97 Å². The summed E-state index contributed by atoms with van der Waals surface area (Å²) < 4.78 is 5.10. The number of hydrogen-bond acceptors (Lipinski definition) is 3.